The Kier molecular flexibility index (Phi) is 12.1. The molecule has 14 nitrogen and oxygen atoms in total. The number of carboxylic acid groups (broad SMARTS) is 2. The van der Waals surface area contributed by atoms with Crippen LogP contribution in [0.15, 0.2) is 24.8 Å². The molecule has 4 atom stereocenters. The van der Waals surface area contributed by atoms with Gasteiger partial charge in [0.05, 0.1) is 24.2 Å². The topological polar surface area (TPSA) is 169 Å². The van der Waals surface area contributed by atoms with E-state index in [1.54, 1.807) is 41.5 Å². The van der Waals surface area contributed by atoms with Crippen LogP contribution in [0, 0.1) is 11.8 Å². The lowest BCUT2D eigenvalue weighted by Gasteiger charge is -2.37. The number of aliphatic carboxylic acids is 2. The van der Waals surface area contributed by atoms with Crippen LogP contribution in [0.4, 0.5) is 27.2 Å². The van der Waals surface area contributed by atoms with E-state index in [1.807, 2.05) is 0 Å². The summed E-state index contributed by atoms with van der Waals surface area (Å²) in [4.78, 5) is 50.2. The maximum absolute atomic E-state index is 12.7. The molecule has 48 heavy (non-hydrogen) atoms. The van der Waals surface area contributed by atoms with Crippen molar-refractivity contribution >= 4 is 24.1 Å². The molecule has 2 aromatic rings. The van der Waals surface area contributed by atoms with E-state index in [2.05, 4.69) is 10.2 Å². The van der Waals surface area contributed by atoms with Gasteiger partial charge >= 0.3 is 37.2 Å². The van der Waals surface area contributed by atoms with E-state index in [1.165, 1.54) is 22.2 Å². The Hall–Kier alpha value is -4.38. The first-order chi connectivity index (χ1) is 22.2. The standard InChI is InChI=1S/2C15H21F2N3O4/c2*1-15(2,3)24-14(23)19-5-4-10(12(21)22)11(8-19)9-6-18-20(7-9)13(16)17/h2*6-7,10-11,13H,4-5,8H2,1-3H3,(H,21,22)/t2*10-,11+/m10/s1. The Morgan fingerprint density at radius 3 is 1.29 bits per heavy atom. The third-order valence-electron chi connectivity index (χ3n) is 7.66. The van der Waals surface area contributed by atoms with Crippen LogP contribution in [0.1, 0.15) is 90.4 Å². The molecule has 4 heterocycles. The predicted octanol–water partition coefficient (Wildman–Crippen LogP) is 5.41. The fourth-order valence-electron chi connectivity index (χ4n) is 5.46. The van der Waals surface area contributed by atoms with Crippen LogP contribution in [-0.4, -0.2) is 101 Å². The number of likely N-dealkylation sites (tertiary alicyclic amines) is 2. The summed E-state index contributed by atoms with van der Waals surface area (Å²) in [5, 5.41) is 25.9. The lowest BCUT2D eigenvalue weighted by atomic mass is 9.82. The number of rotatable bonds is 6. The average Bonchev–Trinajstić information content (AvgIpc) is 3.66. The van der Waals surface area contributed by atoms with Crippen LogP contribution in [0.5, 0.6) is 0 Å². The summed E-state index contributed by atoms with van der Waals surface area (Å²) in [7, 11) is 0. The van der Waals surface area contributed by atoms with Gasteiger partial charge in [0.2, 0.25) is 0 Å². The smallest absolute Gasteiger partial charge is 0.410 e. The van der Waals surface area contributed by atoms with Crippen LogP contribution >= 0.6 is 0 Å². The SMILES string of the molecule is CC(C)(C)OC(=O)N1CC[C@@H](C(=O)O)[C@H](c2cnn(C(F)F)c2)C1.CC(C)(C)OC(=O)N1CC[C@H](C(=O)O)[C@@H](c2cnn(C(F)F)c2)C1. The number of amides is 2. The van der Waals surface area contributed by atoms with Gasteiger partial charge in [-0.1, -0.05) is 0 Å². The molecule has 268 valence electrons. The predicted molar refractivity (Wildman–Crippen MR) is 160 cm³/mol. The molecule has 0 bridgehead atoms. The summed E-state index contributed by atoms with van der Waals surface area (Å²) in [5.74, 6) is -4.80. The van der Waals surface area contributed by atoms with Crippen molar-refractivity contribution in [3.05, 3.63) is 35.9 Å². The number of hydrogen-bond donors (Lipinski definition) is 2. The number of alkyl halides is 4. The van der Waals surface area contributed by atoms with Gasteiger partial charge in [0.15, 0.2) is 0 Å². The first-order valence-corrected chi connectivity index (χ1v) is 15.2. The van der Waals surface area contributed by atoms with Gasteiger partial charge in [-0.15, -0.1) is 0 Å². The Balaban J connectivity index is 0.000000260. The van der Waals surface area contributed by atoms with Crippen LogP contribution in [0.25, 0.3) is 0 Å². The van der Waals surface area contributed by atoms with E-state index in [9.17, 15) is 47.0 Å². The molecule has 0 spiro atoms. The molecule has 0 aliphatic carbocycles. The highest BCUT2D eigenvalue weighted by molar-refractivity contribution is 5.74. The molecule has 2 N–H and O–H groups in total. The molecule has 2 fully saturated rings. The number of piperidine rings is 2. The lowest BCUT2D eigenvalue weighted by Crippen LogP contribution is -2.46. The quantitative estimate of drug-likeness (QED) is 0.374. The van der Waals surface area contributed by atoms with Crippen molar-refractivity contribution < 1.29 is 56.4 Å². The molecule has 2 aliphatic heterocycles. The zero-order chi connectivity index (χ0) is 36.1. The summed E-state index contributed by atoms with van der Waals surface area (Å²) in [5.41, 5.74) is -0.597. The van der Waals surface area contributed by atoms with Crippen LogP contribution in [0.3, 0.4) is 0 Å². The Morgan fingerprint density at radius 1 is 0.708 bits per heavy atom. The maximum atomic E-state index is 12.7. The molecule has 2 aliphatic rings. The van der Waals surface area contributed by atoms with Gasteiger partial charge in [0, 0.05) is 50.4 Å². The minimum absolute atomic E-state index is 0.0841. The first-order valence-electron chi connectivity index (χ1n) is 15.2. The Labute approximate surface area is 274 Å². The monoisotopic (exact) mass is 690 g/mol. The van der Waals surface area contributed by atoms with Crippen molar-refractivity contribution in [2.24, 2.45) is 11.8 Å². The average molecular weight is 691 g/mol. The van der Waals surface area contributed by atoms with Crippen molar-refractivity contribution in [1.82, 2.24) is 29.4 Å². The summed E-state index contributed by atoms with van der Waals surface area (Å²) in [6, 6.07) is 0. The molecule has 18 heteroatoms. The van der Waals surface area contributed by atoms with Gasteiger partial charge in [-0.05, 0) is 65.5 Å². The second kappa shape index (κ2) is 15.2. The highest BCUT2D eigenvalue weighted by Gasteiger charge is 2.40. The Bertz CT molecular complexity index is 1330. The number of aromatic nitrogens is 4. The van der Waals surface area contributed by atoms with E-state index >= 15 is 0 Å². The number of carbonyl (C=O) groups is 4. The molecule has 0 radical (unpaired) electrons. The molecule has 4 rings (SSSR count). The summed E-state index contributed by atoms with van der Waals surface area (Å²) in [6.45, 7) is 5.47. The second-order valence-corrected chi connectivity index (χ2v) is 13.6. The van der Waals surface area contributed by atoms with E-state index in [4.69, 9.17) is 9.47 Å². The lowest BCUT2D eigenvalue weighted by molar-refractivity contribution is -0.145. The number of nitrogens with zero attached hydrogens (tertiary/aromatic N) is 6. The molecule has 2 saturated heterocycles. The molecular weight excluding hydrogens is 648 g/mol. The van der Waals surface area contributed by atoms with Crippen LogP contribution in [-0.2, 0) is 19.1 Å². The molecule has 0 aromatic carbocycles. The van der Waals surface area contributed by atoms with Crippen molar-refractivity contribution in [3.63, 3.8) is 0 Å². The normalized spacial score (nSPS) is 21.8. The number of carboxylic acids is 2. The maximum Gasteiger partial charge on any atom is 0.410 e. The molecule has 0 saturated carbocycles. The molecule has 2 amide bonds. The van der Waals surface area contributed by atoms with Crippen LogP contribution in [0.2, 0.25) is 0 Å². The van der Waals surface area contributed by atoms with E-state index in [-0.39, 0.29) is 39.0 Å². The van der Waals surface area contributed by atoms with E-state index in [0.29, 0.717) is 20.5 Å². The third-order valence-corrected chi connectivity index (χ3v) is 7.66. The molecular formula is C30H42F4N6O8. The van der Waals surface area contributed by atoms with Crippen molar-refractivity contribution in [1.29, 1.82) is 0 Å². The van der Waals surface area contributed by atoms with Gasteiger partial charge in [-0.25, -0.2) is 19.0 Å². The molecule has 0 unspecified atom stereocenters. The second-order valence-electron chi connectivity index (χ2n) is 13.6. The number of hydrogen-bond acceptors (Lipinski definition) is 8. The zero-order valence-corrected chi connectivity index (χ0v) is 27.6. The van der Waals surface area contributed by atoms with Gasteiger partial charge < -0.3 is 29.5 Å². The highest BCUT2D eigenvalue weighted by Crippen LogP contribution is 2.35. The molecule has 2 aromatic heterocycles. The Morgan fingerprint density at radius 2 is 1.04 bits per heavy atom. The first kappa shape index (κ1) is 38.1. The minimum Gasteiger partial charge on any atom is -0.481 e. The fourth-order valence-corrected chi connectivity index (χ4v) is 5.46. The van der Waals surface area contributed by atoms with Gasteiger partial charge in [-0.3, -0.25) is 9.59 Å². The largest absolute Gasteiger partial charge is 0.481 e. The van der Waals surface area contributed by atoms with Crippen molar-refractivity contribution in [2.45, 2.75) is 90.5 Å². The van der Waals surface area contributed by atoms with Gasteiger partial charge in [0.1, 0.15) is 11.2 Å². The zero-order valence-electron chi connectivity index (χ0n) is 27.6. The van der Waals surface area contributed by atoms with Gasteiger partial charge in [0.25, 0.3) is 0 Å². The highest BCUT2D eigenvalue weighted by atomic mass is 19.3. The minimum atomic E-state index is -2.80. The van der Waals surface area contributed by atoms with E-state index in [0.717, 1.165) is 12.4 Å². The third kappa shape index (κ3) is 10.3. The summed E-state index contributed by atoms with van der Waals surface area (Å²) >= 11 is 0. The number of halogens is 4. The summed E-state index contributed by atoms with van der Waals surface area (Å²) in [6.07, 6.45) is 4.07. The van der Waals surface area contributed by atoms with E-state index < -0.39 is 72.1 Å². The van der Waals surface area contributed by atoms with Crippen molar-refractivity contribution in [2.75, 3.05) is 26.2 Å². The van der Waals surface area contributed by atoms with Crippen LogP contribution < -0.4 is 0 Å². The summed E-state index contributed by atoms with van der Waals surface area (Å²) < 4.78 is 62.3. The number of carbonyl (C=O) groups excluding carboxylic acids is 2. The fraction of sp³-hybridized carbons (Fsp3) is 0.667. The van der Waals surface area contributed by atoms with Crippen molar-refractivity contribution in [3.8, 4) is 0 Å². The van der Waals surface area contributed by atoms with Gasteiger partial charge in [-0.2, -0.15) is 27.8 Å². The number of ether oxygens (including phenoxy) is 2.